The first-order chi connectivity index (χ1) is 10.8. The van der Waals surface area contributed by atoms with E-state index in [2.05, 4.69) is 29.5 Å². The normalized spacial score (nSPS) is 21.3. The molecule has 0 spiro atoms. The molecular formula is C19H35IO2. The maximum Gasteiger partial charge on any atom is 0.309 e. The molecule has 0 aromatic carbocycles. The molecule has 0 amide bonds. The number of carbonyl (C=O) groups excluding carboxylic acids is 1. The summed E-state index contributed by atoms with van der Waals surface area (Å²) in [5, 5.41) is 0. The second-order valence-electron chi connectivity index (χ2n) is 6.82. The van der Waals surface area contributed by atoms with Gasteiger partial charge in [0.1, 0.15) is 6.10 Å². The van der Waals surface area contributed by atoms with E-state index in [1.54, 1.807) is 0 Å². The number of hydrogen-bond donors (Lipinski definition) is 0. The Bertz CT molecular complexity index is 281. The van der Waals surface area contributed by atoms with E-state index in [0.717, 1.165) is 17.3 Å². The van der Waals surface area contributed by atoms with E-state index >= 15 is 0 Å². The Morgan fingerprint density at radius 1 is 0.909 bits per heavy atom. The largest absolute Gasteiger partial charge is 0.461 e. The van der Waals surface area contributed by atoms with Gasteiger partial charge < -0.3 is 4.74 Å². The predicted molar refractivity (Wildman–Crippen MR) is 103 cm³/mol. The van der Waals surface area contributed by atoms with Gasteiger partial charge in [-0.05, 0) is 12.8 Å². The second-order valence-corrected chi connectivity index (χ2v) is 7.70. The molecule has 1 saturated heterocycles. The number of carbonyl (C=O) groups is 1. The average Bonchev–Trinajstić information content (AvgIpc) is 2.89. The Balaban J connectivity index is 1.81. The molecule has 130 valence electrons. The zero-order valence-corrected chi connectivity index (χ0v) is 16.6. The molecule has 22 heavy (non-hydrogen) atoms. The number of ether oxygens (including phenoxy) is 1. The van der Waals surface area contributed by atoms with Crippen LogP contribution in [-0.2, 0) is 9.53 Å². The fourth-order valence-electron chi connectivity index (χ4n) is 3.28. The Kier molecular flexibility index (Phi) is 12.5. The number of alkyl halides is 1. The minimum Gasteiger partial charge on any atom is -0.461 e. The average molecular weight is 422 g/mol. The standard InChI is InChI=1S/C19H35IO2/c1-2-3-4-5-6-7-8-9-10-11-12-13-14-17-15-18(16-20)22-19(17)21/h17-18H,2-16H2,1H3/t17-,18+/m0/s1. The molecule has 0 unspecified atom stereocenters. The van der Waals surface area contributed by atoms with Crippen molar-refractivity contribution >= 4 is 28.6 Å². The molecule has 1 fully saturated rings. The van der Waals surface area contributed by atoms with E-state index in [1.165, 1.54) is 77.0 Å². The molecule has 3 heteroatoms. The smallest absolute Gasteiger partial charge is 0.309 e. The van der Waals surface area contributed by atoms with Crippen LogP contribution < -0.4 is 0 Å². The number of hydrogen-bond acceptors (Lipinski definition) is 2. The molecule has 0 aromatic heterocycles. The quantitative estimate of drug-likeness (QED) is 0.139. The third kappa shape index (κ3) is 9.36. The number of esters is 1. The maximum absolute atomic E-state index is 11.7. The first-order valence-corrected chi connectivity index (χ1v) is 11.1. The van der Waals surface area contributed by atoms with Gasteiger partial charge in [-0.2, -0.15) is 0 Å². The first-order valence-electron chi connectivity index (χ1n) is 9.54. The molecule has 0 aliphatic carbocycles. The van der Waals surface area contributed by atoms with Crippen LogP contribution in [0.25, 0.3) is 0 Å². The highest BCUT2D eigenvalue weighted by atomic mass is 127. The SMILES string of the molecule is CCCCCCCCCCCCCC[C@H]1C[C@H](CI)OC1=O. The fraction of sp³-hybridized carbons (Fsp3) is 0.947. The number of cyclic esters (lactones) is 1. The highest BCUT2D eigenvalue weighted by Gasteiger charge is 2.32. The minimum atomic E-state index is 0.0599. The monoisotopic (exact) mass is 422 g/mol. The second kappa shape index (κ2) is 13.6. The molecule has 1 heterocycles. The van der Waals surface area contributed by atoms with E-state index in [1.807, 2.05) is 0 Å². The van der Waals surface area contributed by atoms with E-state index in [4.69, 9.17) is 4.74 Å². The van der Waals surface area contributed by atoms with Crippen LogP contribution in [-0.4, -0.2) is 16.5 Å². The number of unbranched alkanes of at least 4 members (excludes halogenated alkanes) is 11. The number of halogens is 1. The van der Waals surface area contributed by atoms with Crippen molar-refractivity contribution in [1.82, 2.24) is 0 Å². The van der Waals surface area contributed by atoms with Crippen LogP contribution in [0.5, 0.6) is 0 Å². The lowest BCUT2D eigenvalue weighted by atomic mass is 9.97. The van der Waals surface area contributed by atoms with Gasteiger partial charge in [-0.1, -0.05) is 107 Å². The van der Waals surface area contributed by atoms with Crippen molar-refractivity contribution < 1.29 is 9.53 Å². The van der Waals surface area contributed by atoms with Crippen LogP contribution in [0.15, 0.2) is 0 Å². The van der Waals surface area contributed by atoms with Gasteiger partial charge in [0.15, 0.2) is 0 Å². The molecular weight excluding hydrogens is 387 g/mol. The zero-order chi connectivity index (χ0) is 16.0. The van der Waals surface area contributed by atoms with Crippen molar-refractivity contribution in [2.24, 2.45) is 5.92 Å². The maximum atomic E-state index is 11.7. The highest BCUT2D eigenvalue weighted by molar-refractivity contribution is 14.1. The van der Waals surface area contributed by atoms with Gasteiger partial charge in [-0.3, -0.25) is 4.79 Å². The van der Waals surface area contributed by atoms with E-state index < -0.39 is 0 Å². The molecule has 0 N–H and O–H groups in total. The summed E-state index contributed by atoms with van der Waals surface area (Å²) in [5.74, 6) is 0.257. The summed E-state index contributed by atoms with van der Waals surface area (Å²) in [7, 11) is 0. The Morgan fingerprint density at radius 3 is 1.86 bits per heavy atom. The van der Waals surface area contributed by atoms with Crippen LogP contribution in [0.3, 0.4) is 0 Å². The highest BCUT2D eigenvalue weighted by Crippen LogP contribution is 2.27. The fourth-order valence-corrected chi connectivity index (χ4v) is 3.82. The van der Waals surface area contributed by atoms with Gasteiger partial charge in [0, 0.05) is 4.43 Å². The zero-order valence-electron chi connectivity index (χ0n) is 14.5. The Labute approximate surface area is 151 Å². The van der Waals surface area contributed by atoms with Crippen LogP contribution in [0.1, 0.15) is 96.8 Å². The van der Waals surface area contributed by atoms with Crippen molar-refractivity contribution in [3.05, 3.63) is 0 Å². The minimum absolute atomic E-state index is 0.0599. The van der Waals surface area contributed by atoms with E-state index in [9.17, 15) is 4.79 Å². The summed E-state index contributed by atoms with van der Waals surface area (Å²) in [6, 6.07) is 0. The van der Waals surface area contributed by atoms with Crippen LogP contribution >= 0.6 is 22.6 Å². The van der Waals surface area contributed by atoms with E-state index in [-0.39, 0.29) is 18.0 Å². The topological polar surface area (TPSA) is 26.3 Å². The lowest BCUT2D eigenvalue weighted by molar-refractivity contribution is -0.143. The van der Waals surface area contributed by atoms with Gasteiger partial charge in [0.25, 0.3) is 0 Å². The third-order valence-corrected chi connectivity index (χ3v) is 5.72. The Hall–Kier alpha value is 0.200. The van der Waals surface area contributed by atoms with Gasteiger partial charge in [-0.15, -0.1) is 0 Å². The lowest BCUT2D eigenvalue weighted by Crippen LogP contribution is -2.07. The predicted octanol–water partition coefficient (Wildman–Crippen LogP) is 6.44. The summed E-state index contributed by atoms with van der Waals surface area (Å²) in [6.45, 7) is 2.28. The molecule has 1 rings (SSSR count). The number of rotatable bonds is 14. The van der Waals surface area contributed by atoms with Crippen molar-refractivity contribution in [3.8, 4) is 0 Å². The first kappa shape index (κ1) is 20.2. The molecule has 2 atom stereocenters. The Morgan fingerprint density at radius 2 is 1.41 bits per heavy atom. The van der Waals surface area contributed by atoms with Crippen LogP contribution in [0.2, 0.25) is 0 Å². The van der Waals surface area contributed by atoms with Gasteiger partial charge in [0.05, 0.1) is 5.92 Å². The van der Waals surface area contributed by atoms with Crippen molar-refractivity contribution in [2.45, 2.75) is 103 Å². The van der Waals surface area contributed by atoms with E-state index in [0.29, 0.717) is 0 Å². The summed E-state index contributed by atoms with van der Waals surface area (Å²) in [5.41, 5.74) is 0. The van der Waals surface area contributed by atoms with Gasteiger partial charge >= 0.3 is 5.97 Å². The molecule has 0 radical (unpaired) electrons. The van der Waals surface area contributed by atoms with Crippen molar-refractivity contribution in [3.63, 3.8) is 0 Å². The van der Waals surface area contributed by atoms with Crippen molar-refractivity contribution in [1.29, 1.82) is 0 Å². The third-order valence-electron chi connectivity index (χ3n) is 4.74. The van der Waals surface area contributed by atoms with Crippen LogP contribution in [0, 0.1) is 5.92 Å². The summed E-state index contributed by atoms with van der Waals surface area (Å²) in [6.07, 6.45) is 18.7. The lowest BCUT2D eigenvalue weighted by Gasteiger charge is -2.05. The molecule has 0 saturated carbocycles. The molecule has 1 aliphatic rings. The summed E-state index contributed by atoms with van der Waals surface area (Å²) in [4.78, 5) is 11.7. The summed E-state index contributed by atoms with van der Waals surface area (Å²) >= 11 is 2.31. The molecule has 0 bridgehead atoms. The van der Waals surface area contributed by atoms with Crippen molar-refractivity contribution in [2.75, 3.05) is 4.43 Å². The molecule has 1 aliphatic heterocycles. The van der Waals surface area contributed by atoms with Gasteiger partial charge in [0.2, 0.25) is 0 Å². The van der Waals surface area contributed by atoms with Gasteiger partial charge in [-0.25, -0.2) is 0 Å². The summed E-state index contributed by atoms with van der Waals surface area (Å²) < 4.78 is 6.28. The van der Waals surface area contributed by atoms with Crippen LogP contribution in [0.4, 0.5) is 0 Å². The molecule has 0 aromatic rings. The molecule has 2 nitrogen and oxygen atoms in total.